The van der Waals surface area contributed by atoms with Crippen LogP contribution in [0.5, 0.6) is 0 Å². The zero-order chi connectivity index (χ0) is 15.1. The Kier molecular flexibility index (Phi) is 4.99. The molecule has 0 saturated heterocycles. The van der Waals surface area contributed by atoms with Crippen molar-refractivity contribution in [1.82, 2.24) is 0 Å². The Morgan fingerprint density at radius 2 is 1.71 bits per heavy atom. The van der Waals surface area contributed by atoms with Crippen molar-refractivity contribution in [2.24, 2.45) is 47.3 Å². The lowest BCUT2D eigenvalue weighted by Crippen LogP contribution is -2.32. The van der Waals surface area contributed by atoms with E-state index in [1.54, 1.807) is 19.3 Å². The molecule has 3 fully saturated rings. The lowest BCUT2D eigenvalue weighted by molar-refractivity contribution is 0.142. The number of hydrogen-bond acceptors (Lipinski definition) is 1. The monoisotopic (exact) mass is 308 g/mol. The van der Waals surface area contributed by atoms with Crippen molar-refractivity contribution in [3.8, 4) is 0 Å². The summed E-state index contributed by atoms with van der Waals surface area (Å²) < 4.78 is 0. The van der Waals surface area contributed by atoms with Crippen LogP contribution < -0.4 is 0 Å². The molecule has 0 radical (unpaired) electrons. The van der Waals surface area contributed by atoms with Crippen LogP contribution in [0.1, 0.15) is 66.7 Å². The number of rotatable bonds is 6. The van der Waals surface area contributed by atoms with Crippen molar-refractivity contribution >= 4 is 11.8 Å². The molecule has 0 aromatic rings. The van der Waals surface area contributed by atoms with Gasteiger partial charge in [0.2, 0.25) is 0 Å². The van der Waals surface area contributed by atoms with Gasteiger partial charge < -0.3 is 0 Å². The molecule has 0 N–H and O–H groups in total. The Labute approximate surface area is 137 Å². The first-order valence-corrected chi connectivity index (χ1v) is 10.7. The van der Waals surface area contributed by atoms with E-state index < -0.39 is 0 Å². The summed E-state index contributed by atoms with van der Waals surface area (Å²) >= 11 is 2.34. The van der Waals surface area contributed by atoms with E-state index in [0.717, 1.165) is 52.6 Å². The van der Waals surface area contributed by atoms with Crippen LogP contribution in [0, 0.1) is 47.3 Å². The zero-order valence-corrected chi connectivity index (χ0v) is 15.7. The van der Waals surface area contributed by atoms with Crippen LogP contribution in [0.3, 0.4) is 0 Å². The first kappa shape index (κ1) is 16.2. The highest BCUT2D eigenvalue weighted by atomic mass is 32.2. The quantitative estimate of drug-likeness (QED) is 0.533. The van der Waals surface area contributed by atoms with E-state index >= 15 is 0 Å². The molecule has 0 spiro atoms. The Morgan fingerprint density at radius 1 is 0.952 bits per heavy atom. The van der Waals surface area contributed by atoms with Gasteiger partial charge in [0.05, 0.1) is 0 Å². The highest BCUT2D eigenvalue weighted by molar-refractivity contribution is 7.99. The molecule has 0 aromatic carbocycles. The maximum Gasteiger partial charge on any atom is 0.00809 e. The van der Waals surface area contributed by atoms with Gasteiger partial charge in [-0.1, -0.05) is 41.0 Å². The number of unbranched alkanes of at least 4 members (excludes halogenated alkanes) is 1. The molecule has 3 aliphatic rings. The van der Waals surface area contributed by atoms with Crippen LogP contribution in [-0.2, 0) is 0 Å². The number of fused-ring (bicyclic) bond motifs is 5. The molecule has 3 rings (SSSR count). The molecule has 2 bridgehead atoms. The Bertz CT molecular complexity index is 348. The van der Waals surface area contributed by atoms with Gasteiger partial charge in [-0.15, -0.1) is 0 Å². The summed E-state index contributed by atoms with van der Waals surface area (Å²) in [7, 11) is 0. The van der Waals surface area contributed by atoms with Gasteiger partial charge in [-0.25, -0.2) is 0 Å². The number of thioether (sulfide) groups is 1. The molecule has 0 heterocycles. The van der Waals surface area contributed by atoms with Crippen LogP contribution in [0.25, 0.3) is 0 Å². The minimum atomic E-state index is 0.897. The van der Waals surface area contributed by atoms with E-state index in [1.807, 2.05) is 0 Å². The Hall–Kier alpha value is 0.350. The predicted octanol–water partition coefficient (Wildman–Crippen LogP) is 6.11. The van der Waals surface area contributed by atoms with Gasteiger partial charge in [0.15, 0.2) is 0 Å². The van der Waals surface area contributed by atoms with Crippen LogP contribution in [-0.4, -0.2) is 11.0 Å². The topological polar surface area (TPSA) is 0 Å². The second-order valence-corrected chi connectivity index (χ2v) is 10.2. The Balaban J connectivity index is 1.69. The standard InChI is InChI=1S/C20H36S/c1-6-7-8-21-18-10-14-9-16(18)17-11-15(12(2)3)19(13(4)5)20(14)17/h12-20H,6-11H2,1-5H3. The van der Waals surface area contributed by atoms with Crippen LogP contribution in [0.4, 0.5) is 0 Å². The van der Waals surface area contributed by atoms with Gasteiger partial charge in [-0.05, 0) is 78.8 Å². The fraction of sp³-hybridized carbons (Fsp3) is 1.00. The maximum atomic E-state index is 2.50. The highest BCUT2D eigenvalue weighted by Gasteiger charge is 2.60. The molecule has 122 valence electrons. The lowest BCUT2D eigenvalue weighted by Gasteiger charge is -2.36. The van der Waals surface area contributed by atoms with Gasteiger partial charge in [0, 0.05) is 5.25 Å². The van der Waals surface area contributed by atoms with Gasteiger partial charge in [-0.2, -0.15) is 11.8 Å². The molecule has 3 aliphatic carbocycles. The van der Waals surface area contributed by atoms with Gasteiger partial charge >= 0.3 is 0 Å². The van der Waals surface area contributed by atoms with E-state index in [9.17, 15) is 0 Å². The average molecular weight is 309 g/mol. The largest absolute Gasteiger partial charge is 0.158 e. The first-order valence-electron chi connectivity index (χ1n) is 9.66. The van der Waals surface area contributed by atoms with Crippen LogP contribution in [0.2, 0.25) is 0 Å². The molecule has 0 nitrogen and oxygen atoms in total. The van der Waals surface area contributed by atoms with E-state index in [1.165, 1.54) is 18.6 Å². The summed E-state index contributed by atoms with van der Waals surface area (Å²) in [4.78, 5) is 0. The zero-order valence-electron chi connectivity index (χ0n) is 14.8. The molecule has 1 heteroatoms. The Morgan fingerprint density at radius 3 is 2.33 bits per heavy atom. The first-order chi connectivity index (χ1) is 10.0. The molecular weight excluding hydrogens is 272 g/mol. The molecule has 0 aromatic heterocycles. The summed E-state index contributed by atoms with van der Waals surface area (Å²) in [5, 5.41) is 1.03. The smallest absolute Gasteiger partial charge is 0.00809 e. The summed E-state index contributed by atoms with van der Waals surface area (Å²) in [6.45, 7) is 12.3. The molecule has 0 aliphatic heterocycles. The predicted molar refractivity (Wildman–Crippen MR) is 95.6 cm³/mol. The van der Waals surface area contributed by atoms with Crippen LogP contribution in [0.15, 0.2) is 0 Å². The number of hydrogen-bond donors (Lipinski definition) is 0. The normalized spacial score (nSPS) is 45.0. The van der Waals surface area contributed by atoms with E-state index in [-0.39, 0.29) is 0 Å². The van der Waals surface area contributed by atoms with Crippen molar-refractivity contribution in [3.63, 3.8) is 0 Å². The van der Waals surface area contributed by atoms with Crippen molar-refractivity contribution in [1.29, 1.82) is 0 Å². The highest BCUT2D eigenvalue weighted by Crippen LogP contribution is 2.66. The van der Waals surface area contributed by atoms with Crippen molar-refractivity contribution in [2.45, 2.75) is 72.0 Å². The van der Waals surface area contributed by atoms with Crippen molar-refractivity contribution < 1.29 is 0 Å². The minimum absolute atomic E-state index is 0.897. The van der Waals surface area contributed by atoms with Gasteiger partial charge in [-0.3, -0.25) is 0 Å². The molecule has 21 heavy (non-hydrogen) atoms. The summed E-state index contributed by atoms with van der Waals surface area (Å²) in [6, 6.07) is 0. The van der Waals surface area contributed by atoms with Crippen LogP contribution >= 0.6 is 11.8 Å². The average Bonchev–Trinajstić information content (AvgIpc) is 3.07. The lowest BCUT2D eigenvalue weighted by atomic mass is 9.71. The van der Waals surface area contributed by atoms with Gasteiger partial charge in [0.25, 0.3) is 0 Å². The molecule has 0 amide bonds. The van der Waals surface area contributed by atoms with Crippen molar-refractivity contribution in [3.05, 3.63) is 0 Å². The fourth-order valence-electron chi connectivity index (χ4n) is 6.39. The SMILES string of the molecule is CCCCSC1CC2CC1C1CC(C(C)C)C(C(C)C)C21. The maximum absolute atomic E-state index is 2.50. The summed E-state index contributed by atoms with van der Waals surface area (Å²) in [5.74, 6) is 9.65. The second-order valence-electron chi connectivity index (χ2n) is 8.86. The third kappa shape index (κ3) is 2.81. The summed E-state index contributed by atoms with van der Waals surface area (Å²) in [6.07, 6.45) is 7.51. The van der Waals surface area contributed by atoms with E-state index in [4.69, 9.17) is 0 Å². The minimum Gasteiger partial charge on any atom is -0.158 e. The van der Waals surface area contributed by atoms with Crippen molar-refractivity contribution in [2.75, 3.05) is 5.75 Å². The van der Waals surface area contributed by atoms with E-state index in [2.05, 4.69) is 46.4 Å². The second kappa shape index (κ2) is 6.46. The molecule has 7 unspecified atom stereocenters. The van der Waals surface area contributed by atoms with Gasteiger partial charge in [0.1, 0.15) is 0 Å². The van der Waals surface area contributed by atoms with E-state index in [0.29, 0.717) is 0 Å². The third-order valence-corrected chi connectivity index (χ3v) is 8.61. The molecular formula is C20H36S. The molecule has 7 atom stereocenters. The third-order valence-electron chi connectivity index (χ3n) is 7.12. The fourth-order valence-corrected chi connectivity index (χ4v) is 8.09. The summed E-state index contributed by atoms with van der Waals surface area (Å²) in [5.41, 5.74) is 0. The molecule has 3 saturated carbocycles.